The molecule has 0 aliphatic rings. The summed E-state index contributed by atoms with van der Waals surface area (Å²) in [5.74, 6) is 1.27. The maximum Gasteiger partial charge on any atom is 1.00 e. The van der Waals surface area contributed by atoms with E-state index in [9.17, 15) is 25.3 Å². The third kappa shape index (κ3) is 39.8. The summed E-state index contributed by atoms with van der Waals surface area (Å²) in [4.78, 5) is 3.30. The molecule has 0 radical (unpaired) electrons. The fourth-order valence-electron chi connectivity index (χ4n) is 3.77. The van der Waals surface area contributed by atoms with Crippen LogP contribution in [0.3, 0.4) is 0 Å². The standard InChI is InChI=1S/C14H23NO2S2.C10H13BrO2S2.C7H8O2S2.C4H11N.C3H6Br2.C2H6O.CH4.K/c1-4-15(5-2)11-6-12-18-19(16,17)14-9-7-13(3)8-10-14;1-9-3-5-10(6-4-9)15(12,13)14-8-2-7-11;1-6-2-4-7(5-3-6)11(8,9)10;1-3-5-4-2;4-2-1-3-5;1-2-3;;/h7-10H,4-6,11-12H2,1-3H3;3-6H,2,7-8H2,1H3;2-5H,1H3,(H,8,9,10);5H,3-4H2,1-2H3;1-3H2;3H,2H2,1H3;1H4;/q;;;;;;;+1/p-1. The van der Waals surface area contributed by atoms with Gasteiger partial charge in [0, 0.05) is 39.0 Å². The molecule has 0 fully saturated rings. The molecule has 60 heavy (non-hydrogen) atoms. The van der Waals surface area contributed by atoms with Crippen molar-refractivity contribution in [2.75, 3.05) is 66.8 Å². The average molecular weight is 1170 g/mol. The van der Waals surface area contributed by atoms with E-state index in [4.69, 9.17) is 5.11 Å². The van der Waals surface area contributed by atoms with Crippen LogP contribution in [-0.2, 0) is 38.3 Å². The van der Waals surface area contributed by atoms with Gasteiger partial charge in [0.05, 0.1) is 18.7 Å². The number of benzene rings is 3. The maximum atomic E-state index is 12.1. The van der Waals surface area contributed by atoms with E-state index < -0.39 is 26.6 Å². The van der Waals surface area contributed by atoms with Gasteiger partial charge >= 0.3 is 51.4 Å². The van der Waals surface area contributed by atoms with E-state index in [0.717, 1.165) is 99.8 Å². The molecule has 0 spiro atoms. The van der Waals surface area contributed by atoms with Gasteiger partial charge in [-0.15, -0.1) is 0 Å². The quantitative estimate of drug-likeness (QED) is 0.0420. The van der Waals surface area contributed by atoms with E-state index in [1.807, 2.05) is 45.0 Å². The van der Waals surface area contributed by atoms with Gasteiger partial charge in [-0.1, -0.05) is 136 Å². The molecule has 2 N–H and O–H groups in total. The first-order chi connectivity index (χ1) is 27.3. The summed E-state index contributed by atoms with van der Waals surface area (Å²) < 4.78 is 69.2. The van der Waals surface area contributed by atoms with Crippen molar-refractivity contribution in [1.29, 1.82) is 0 Å². The zero-order chi connectivity index (χ0) is 45.0. The monoisotopic (exact) mass is 1170 g/mol. The van der Waals surface area contributed by atoms with Crippen molar-refractivity contribution in [3.8, 4) is 0 Å². The Morgan fingerprint density at radius 3 is 1.12 bits per heavy atom. The number of aryl methyl sites for hydroxylation is 3. The molecular weight excluding hydrogens is 1100 g/mol. The Kier molecular flexibility index (Phi) is 52.1. The number of hydrogen-bond donors (Lipinski definition) is 2. The number of rotatable bonds is 18. The minimum absolute atomic E-state index is 0. The average Bonchev–Trinajstić information content (AvgIpc) is 3.17. The topological polar surface area (TPSA) is 138 Å². The molecule has 0 aliphatic heterocycles. The molecule has 3 aromatic rings. The number of nitrogens with one attached hydrogen (secondary N) is 1. The molecule has 0 saturated heterocycles. The second-order valence-electron chi connectivity index (χ2n) is 11.9. The van der Waals surface area contributed by atoms with E-state index in [1.165, 1.54) is 18.6 Å². The molecular formula is C41H70Br3KN2O7S6. The SMILES string of the molecule is BrCCCBr.C.CCN(CC)CCCSS(=O)(=O)c1ccc(C)cc1.CCNCC.CCO.Cc1ccc(S(=O)(=O)SCCCBr)cc1.Cc1ccc(S(=O)(=O)[S-])cc1.[K+]. The molecule has 0 heterocycles. The Labute approximate surface area is 446 Å². The molecule has 344 valence electrons. The first kappa shape index (κ1) is 70.5. The Balaban J connectivity index is -0.000000220. The van der Waals surface area contributed by atoms with Crippen LogP contribution in [0, 0.1) is 20.8 Å². The number of aliphatic hydroxyl groups is 1. The van der Waals surface area contributed by atoms with Crippen LogP contribution in [0.5, 0.6) is 0 Å². The van der Waals surface area contributed by atoms with Crippen molar-refractivity contribution in [3.05, 3.63) is 89.5 Å². The van der Waals surface area contributed by atoms with Gasteiger partial charge in [-0.2, -0.15) is 0 Å². The molecule has 3 aromatic carbocycles. The summed E-state index contributed by atoms with van der Waals surface area (Å²) in [6.07, 6.45) is 2.98. The summed E-state index contributed by atoms with van der Waals surface area (Å²) in [6.45, 7) is 21.3. The fourth-order valence-corrected chi connectivity index (χ4v) is 12.2. The number of aliphatic hydroxyl groups excluding tert-OH is 1. The number of alkyl halides is 3. The van der Waals surface area contributed by atoms with Crippen molar-refractivity contribution in [2.24, 2.45) is 0 Å². The third-order valence-electron chi connectivity index (χ3n) is 6.96. The molecule has 0 aromatic heterocycles. The zero-order valence-corrected chi connectivity index (χ0v) is 49.0. The Morgan fingerprint density at radius 1 is 0.583 bits per heavy atom. The second-order valence-corrected chi connectivity index (χ2v) is 25.0. The molecule has 3 rings (SSSR count). The number of hydrogen-bond acceptors (Lipinski definition) is 12. The minimum Gasteiger partial charge on any atom is -0.644 e. The predicted octanol–water partition coefficient (Wildman–Crippen LogP) is 8.00. The van der Waals surface area contributed by atoms with E-state index in [-0.39, 0.29) is 70.3 Å². The first-order valence-corrected chi connectivity index (χ1v) is 30.7. The summed E-state index contributed by atoms with van der Waals surface area (Å²) in [5, 5.41) is 13.7. The van der Waals surface area contributed by atoms with Crippen molar-refractivity contribution in [1.82, 2.24) is 10.2 Å². The van der Waals surface area contributed by atoms with Crippen LogP contribution < -0.4 is 56.7 Å². The molecule has 0 unspecified atom stereocenters. The Bertz CT molecular complexity index is 1730. The molecule has 0 atom stereocenters. The van der Waals surface area contributed by atoms with E-state index >= 15 is 0 Å². The molecule has 0 bridgehead atoms. The number of halogens is 3. The smallest absolute Gasteiger partial charge is 0.644 e. The van der Waals surface area contributed by atoms with E-state index in [1.54, 1.807) is 43.3 Å². The van der Waals surface area contributed by atoms with Gasteiger partial charge in [0.1, 0.15) is 0 Å². The van der Waals surface area contributed by atoms with Gasteiger partial charge in [0.25, 0.3) is 0 Å². The Hall–Kier alpha value is 1.52. The van der Waals surface area contributed by atoms with Crippen LogP contribution in [0.2, 0.25) is 0 Å². The summed E-state index contributed by atoms with van der Waals surface area (Å²) in [7, 11) is -7.73. The normalized spacial score (nSPS) is 10.5. The van der Waals surface area contributed by atoms with Gasteiger partial charge in [-0.25, -0.2) is 25.3 Å². The van der Waals surface area contributed by atoms with Crippen molar-refractivity contribution in [2.45, 2.75) is 96.8 Å². The molecule has 9 nitrogen and oxygen atoms in total. The second kappa shape index (κ2) is 44.4. The summed E-state index contributed by atoms with van der Waals surface area (Å²) >= 11 is 14.1. The largest absolute Gasteiger partial charge is 1.00 e. The molecule has 19 heteroatoms. The summed E-state index contributed by atoms with van der Waals surface area (Å²) in [5.41, 5.74) is 3.16. The molecule has 0 saturated carbocycles. The van der Waals surface area contributed by atoms with Crippen LogP contribution in [0.25, 0.3) is 0 Å². The van der Waals surface area contributed by atoms with E-state index in [0.29, 0.717) is 21.3 Å². The van der Waals surface area contributed by atoms with Gasteiger partial charge in [-0.3, -0.25) is 0 Å². The maximum absolute atomic E-state index is 12.1. The van der Waals surface area contributed by atoms with Gasteiger partial charge < -0.3 is 27.0 Å². The third-order valence-corrected chi connectivity index (χ3v) is 17.3. The van der Waals surface area contributed by atoms with Crippen LogP contribution in [-0.4, -0.2) is 102 Å². The molecule has 0 aliphatic carbocycles. The van der Waals surface area contributed by atoms with Crippen molar-refractivity contribution < 1.29 is 81.7 Å². The van der Waals surface area contributed by atoms with Gasteiger partial charge in [-0.05, 0) is 138 Å². The van der Waals surface area contributed by atoms with Crippen LogP contribution in [0.15, 0.2) is 87.5 Å². The first-order valence-electron chi connectivity index (χ1n) is 19.0. The fraction of sp³-hybridized carbons (Fsp3) is 0.561. The van der Waals surface area contributed by atoms with Crippen LogP contribution in [0.4, 0.5) is 0 Å². The van der Waals surface area contributed by atoms with Crippen molar-refractivity contribution >= 4 is 108 Å². The zero-order valence-electron chi connectivity index (χ0n) is 36.3. The van der Waals surface area contributed by atoms with Crippen LogP contribution >= 0.6 is 69.4 Å². The molecule has 0 amide bonds. The van der Waals surface area contributed by atoms with Crippen LogP contribution in [0.1, 0.15) is 78.0 Å². The van der Waals surface area contributed by atoms with Crippen molar-refractivity contribution in [3.63, 3.8) is 0 Å². The predicted molar refractivity (Wildman–Crippen MR) is 274 cm³/mol. The summed E-state index contributed by atoms with van der Waals surface area (Å²) in [6, 6.07) is 20.5. The Morgan fingerprint density at radius 2 is 0.883 bits per heavy atom. The minimum atomic E-state index is -3.44. The van der Waals surface area contributed by atoms with E-state index in [2.05, 4.69) is 97.4 Å². The number of nitrogens with zero attached hydrogens (tertiary/aromatic N) is 1. The van der Waals surface area contributed by atoms with Gasteiger partial charge in [0.15, 0.2) is 0 Å². The van der Waals surface area contributed by atoms with Gasteiger partial charge in [0.2, 0.25) is 17.7 Å².